The number of carboxylic acids is 1. The number of aromatic hydroxyl groups is 2. The monoisotopic (exact) mass is 280 g/mol. The van der Waals surface area contributed by atoms with Gasteiger partial charge in [-0.1, -0.05) is 0 Å². The van der Waals surface area contributed by atoms with Crippen molar-refractivity contribution in [2.45, 2.75) is 0 Å². The number of amides is 1. The Morgan fingerprint density at radius 2 is 1.55 bits per heavy atom. The fourth-order valence-corrected chi connectivity index (χ4v) is 2.20. The van der Waals surface area contributed by atoms with Crippen molar-refractivity contribution < 1.29 is 24.9 Å². The number of phenolic OH excluding ortho intramolecular Hbond substituents is 2. The number of phenols is 2. The lowest BCUT2D eigenvalue weighted by Gasteiger charge is -2.33. The zero-order chi connectivity index (χ0) is 14.7. The molecule has 1 aliphatic heterocycles. The molecule has 1 aromatic carbocycles. The largest absolute Gasteiger partial charge is 0.508 e. The summed E-state index contributed by atoms with van der Waals surface area (Å²) in [6, 6.07) is 3.75. The predicted octanol–water partition coefficient (Wildman–Crippen LogP) is -0.0598. The second-order valence-electron chi connectivity index (χ2n) is 4.70. The number of piperazine rings is 1. The summed E-state index contributed by atoms with van der Waals surface area (Å²) in [5, 5.41) is 27.5. The fraction of sp³-hybridized carbons (Fsp3) is 0.385. The highest BCUT2D eigenvalue weighted by atomic mass is 16.4. The Labute approximate surface area is 115 Å². The van der Waals surface area contributed by atoms with Crippen LogP contribution in [0.5, 0.6) is 11.5 Å². The van der Waals surface area contributed by atoms with Crippen molar-refractivity contribution in [1.29, 1.82) is 0 Å². The maximum Gasteiger partial charge on any atom is 0.317 e. The average molecular weight is 280 g/mol. The van der Waals surface area contributed by atoms with Crippen LogP contribution in [0.25, 0.3) is 0 Å². The number of hydrogen-bond acceptors (Lipinski definition) is 5. The van der Waals surface area contributed by atoms with Gasteiger partial charge in [0.05, 0.1) is 6.54 Å². The zero-order valence-electron chi connectivity index (χ0n) is 10.8. The summed E-state index contributed by atoms with van der Waals surface area (Å²) in [5.41, 5.74) is 0.217. The normalized spacial score (nSPS) is 16.1. The molecule has 0 aliphatic carbocycles. The Hall–Kier alpha value is -2.28. The first kappa shape index (κ1) is 14.1. The molecule has 0 radical (unpaired) electrons. The van der Waals surface area contributed by atoms with Crippen molar-refractivity contribution >= 4 is 11.9 Å². The van der Waals surface area contributed by atoms with E-state index in [2.05, 4.69) is 0 Å². The van der Waals surface area contributed by atoms with Crippen LogP contribution >= 0.6 is 0 Å². The molecule has 1 aliphatic rings. The molecule has 7 nitrogen and oxygen atoms in total. The topological polar surface area (TPSA) is 101 Å². The van der Waals surface area contributed by atoms with Gasteiger partial charge in [0, 0.05) is 37.8 Å². The van der Waals surface area contributed by atoms with Crippen molar-refractivity contribution in [2.24, 2.45) is 0 Å². The summed E-state index contributed by atoms with van der Waals surface area (Å²) in [7, 11) is 0. The number of nitrogens with zero attached hydrogens (tertiary/aromatic N) is 2. The Morgan fingerprint density at radius 1 is 1.00 bits per heavy atom. The summed E-state index contributed by atoms with van der Waals surface area (Å²) in [6.07, 6.45) is 0. The van der Waals surface area contributed by atoms with Crippen molar-refractivity contribution in [1.82, 2.24) is 9.80 Å². The predicted molar refractivity (Wildman–Crippen MR) is 69.8 cm³/mol. The molecule has 1 amide bonds. The Morgan fingerprint density at radius 3 is 2.05 bits per heavy atom. The maximum absolute atomic E-state index is 12.2. The first-order chi connectivity index (χ1) is 9.45. The average Bonchev–Trinajstić information content (AvgIpc) is 2.37. The molecule has 1 aromatic rings. The first-order valence-electron chi connectivity index (χ1n) is 6.22. The van der Waals surface area contributed by atoms with Crippen LogP contribution in [0, 0.1) is 0 Å². The Kier molecular flexibility index (Phi) is 4.09. The lowest BCUT2D eigenvalue weighted by Crippen LogP contribution is -2.49. The molecule has 0 unspecified atom stereocenters. The van der Waals surface area contributed by atoms with E-state index in [1.165, 1.54) is 12.1 Å². The number of rotatable bonds is 3. The third kappa shape index (κ3) is 3.39. The Bertz CT molecular complexity index is 503. The molecule has 108 valence electrons. The standard InChI is InChI=1S/C13H16N2O5/c16-10-5-9(6-11(17)7-10)13(20)15-3-1-14(2-4-15)8-12(18)19/h5-7,16-17H,1-4,8H2,(H,18,19). The number of hydrogen-bond donors (Lipinski definition) is 3. The molecule has 0 atom stereocenters. The molecular formula is C13H16N2O5. The number of carboxylic acid groups (broad SMARTS) is 1. The maximum atomic E-state index is 12.2. The molecule has 1 fully saturated rings. The van der Waals surface area contributed by atoms with Crippen molar-refractivity contribution in [2.75, 3.05) is 32.7 Å². The molecule has 0 bridgehead atoms. The van der Waals surface area contributed by atoms with E-state index < -0.39 is 5.97 Å². The van der Waals surface area contributed by atoms with E-state index >= 15 is 0 Å². The second kappa shape index (κ2) is 5.79. The van der Waals surface area contributed by atoms with Gasteiger partial charge in [-0.05, 0) is 12.1 Å². The van der Waals surface area contributed by atoms with Gasteiger partial charge in [-0.25, -0.2) is 0 Å². The lowest BCUT2D eigenvalue weighted by atomic mass is 10.1. The van der Waals surface area contributed by atoms with E-state index in [1.54, 1.807) is 9.80 Å². The molecule has 20 heavy (non-hydrogen) atoms. The van der Waals surface area contributed by atoms with Crippen LogP contribution in [0.4, 0.5) is 0 Å². The minimum atomic E-state index is -0.886. The van der Waals surface area contributed by atoms with Crippen LogP contribution in [-0.2, 0) is 4.79 Å². The van der Waals surface area contributed by atoms with Crippen LogP contribution in [-0.4, -0.2) is 69.7 Å². The molecule has 0 aromatic heterocycles. The van der Waals surface area contributed by atoms with Crippen LogP contribution in [0.3, 0.4) is 0 Å². The molecule has 2 rings (SSSR count). The smallest absolute Gasteiger partial charge is 0.317 e. The first-order valence-corrected chi connectivity index (χ1v) is 6.22. The molecule has 7 heteroatoms. The fourth-order valence-electron chi connectivity index (χ4n) is 2.20. The van der Waals surface area contributed by atoms with E-state index in [1.807, 2.05) is 0 Å². The highest BCUT2D eigenvalue weighted by molar-refractivity contribution is 5.95. The highest BCUT2D eigenvalue weighted by Gasteiger charge is 2.23. The summed E-state index contributed by atoms with van der Waals surface area (Å²) in [6.45, 7) is 1.78. The lowest BCUT2D eigenvalue weighted by molar-refractivity contribution is -0.138. The van der Waals surface area contributed by atoms with Crippen molar-refractivity contribution in [3.63, 3.8) is 0 Å². The van der Waals surface area contributed by atoms with E-state index in [-0.39, 0.29) is 29.5 Å². The molecular weight excluding hydrogens is 264 g/mol. The summed E-state index contributed by atoms with van der Waals surface area (Å²) in [5.74, 6) is -1.51. The van der Waals surface area contributed by atoms with Gasteiger partial charge >= 0.3 is 5.97 Å². The van der Waals surface area contributed by atoms with Gasteiger partial charge in [0.15, 0.2) is 0 Å². The number of benzene rings is 1. The zero-order valence-corrected chi connectivity index (χ0v) is 10.8. The highest BCUT2D eigenvalue weighted by Crippen LogP contribution is 2.21. The molecule has 0 saturated carbocycles. The van der Waals surface area contributed by atoms with Gasteiger partial charge in [-0.15, -0.1) is 0 Å². The van der Waals surface area contributed by atoms with Crippen LogP contribution < -0.4 is 0 Å². The number of carbonyl (C=O) groups excluding carboxylic acids is 1. The van der Waals surface area contributed by atoms with E-state index in [4.69, 9.17) is 5.11 Å². The number of aliphatic carboxylic acids is 1. The summed E-state index contributed by atoms with van der Waals surface area (Å²) in [4.78, 5) is 26.1. The summed E-state index contributed by atoms with van der Waals surface area (Å²) >= 11 is 0. The van der Waals surface area contributed by atoms with E-state index in [0.717, 1.165) is 6.07 Å². The van der Waals surface area contributed by atoms with Crippen molar-refractivity contribution in [3.8, 4) is 11.5 Å². The molecule has 3 N–H and O–H groups in total. The number of carbonyl (C=O) groups is 2. The second-order valence-corrected chi connectivity index (χ2v) is 4.70. The van der Waals surface area contributed by atoms with Gasteiger partial charge in [0.25, 0.3) is 5.91 Å². The van der Waals surface area contributed by atoms with Crippen LogP contribution in [0.1, 0.15) is 10.4 Å². The SMILES string of the molecule is O=C(O)CN1CCN(C(=O)c2cc(O)cc(O)c2)CC1. The van der Waals surface area contributed by atoms with Gasteiger partial charge < -0.3 is 20.2 Å². The third-order valence-electron chi connectivity index (χ3n) is 3.17. The Balaban J connectivity index is 1.99. The van der Waals surface area contributed by atoms with Gasteiger partial charge in [-0.3, -0.25) is 14.5 Å². The van der Waals surface area contributed by atoms with Gasteiger partial charge in [-0.2, -0.15) is 0 Å². The van der Waals surface area contributed by atoms with Gasteiger partial charge in [0.1, 0.15) is 11.5 Å². The van der Waals surface area contributed by atoms with Crippen LogP contribution in [0.2, 0.25) is 0 Å². The van der Waals surface area contributed by atoms with Gasteiger partial charge in [0.2, 0.25) is 0 Å². The van der Waals surface area contributed by atoms with Crippen molar-refractivity contribution in [3.05, 3.63) is 23.8 Å². The molecule has 1 saturated heterocycles. The van der Waals surface area contributed by atoms with E-state index in [9.17, 15) is 19.8 Å². The minimum Gasteiger partial charge on any atom is -0.508 e. The summed E-state index contributed by atoms with van der Waals surface area (Å²) < 4.78 is 0. The van der Waals surface area contributed by atoms with E-state index in [0.29, 0.717) is 26.2 Å². The van der Waals surface area contributed by atoms with Crippen LogP contribution in [0.15, 0.2) is 18.2 Å². The molecule has 1 heterocycles. The minimum absolute atomic E-state index is 0.0328. The third-order valence-corrected chi connectivity index (χ3v) is 3.17. The molecule has 0 spiro atoms. The quantitative estimate of drug-likeness (QED) is 0.717.